The second kappa shape index (κ2) is 5.79. The second-order valence-electron chi connectivity index (χ2n) is 4.74. The lowest BCUT2D eigenvalue weighted by molar-refractivity contribution is -0.138. The van der Waals surface area contributed by atoms with Crippen LogP contribution in [0.25, 0.3) is 0 Å². The molecule has 0 spiro atoms. The number of piperidine rings is 1. The molecule has 1 aliphatic rings. The highest BCUT2D eigenvalue weighted by molar-refractivity contribution is 7.87. The van der Waals surface area contributed by atoms with Gasteiger partial charge in [0.25, 0.3) is 10.2 Å². The number of carboxylic acids is 1. The molecule has 1 heterocycles. The van der Waals surface area contributed by atoms with E-state index in [0.29, 0.717) is 13.1 Å². The zero-order chi connectivity index (χ0) is 13.1. The van der Waals surface area contributed by atoms with Crippen molar-refractivity contribution in [1.29, 1.82) is 0 Å². The Balaban J connectivity index is 2.63. The maximum Gasteiger partial charge on any atom is 0.303 e. The van der Waals surface area contributed by atoms with Gasteiger partial charge in [-0.05, 0) is 32.6 Å². The first-order valence-electron chi connectivity index (χ1n) is 5.80. The minimum absolute atomic E-state index is 0.0354. The highest BCUT2D eigenvalue weighted by atomic mass is 32.2. The third-order valence-electron chi connectivity index (χ3n) is 2.67. The van der Waals surface area contributed by atoms with E-state index in [1.165, 1.54) is 4.31 Å². The van der Waals surface area contributed by atoms with Gasteiger partial charge in [0.2, 0.25) is 0 Å². The van der Waals surface area contributed by atoms with Gasteiger partial charge in [0.1, 0.15) is 0 Å². The van der Waals surface area contributed by atoms with E-state index < -0.39 is 16.2 Å². The lowest BCUT2D eigenvalue weighted by atomic mass is 9.96. The van der Waals surface area contributed by atoms with Crippen molar-refractivity contribution in [1.82, 2.24) is 9.03 Å². The van der Waals surface area contributed by atoms with E-state index in [1.54, 1.807) is 13.8 Å². The third kappa shape index (κ3) is 4.61. The largest absolute Gasteiger partial charge is 0.481 e. The Morgan fingerprint density at radius 2 is 2.18 bits per heavy atom. The van der Waals surface area contributed by atoms with E-state index >= 15 is 0 Å². The van der Waals surface area contributed by atoms with Crippen LogP contribution < -0.4 is 4.72 Å². The average Bonchev–Trinajstić information content (AvgIpc) is 2.15. The Morgan fingerprint density at radius 1 is 1.53 bits per heavy atom. The molecule has 0 amide bonds. The first-order chi connectivity index (χ1) is 7.81. The van der Waals surface area contributed by atoms with E-state index in [2.05, 4.69) is 4.72 Å². The maximum atomic E-state index is 11.9. The van der Waals surface area contributed by atoms with Crippen LogP contribution in [0, 0.1) is 5.92 Å². The molecule has 6 nitrogen and oxygen atoms in total. The smallest absolute Gasteiger partial charge is 0.303 e. The summed E-state index contributed by atoms with van der Waals surface area (Å²) < 4.78 is 27.7. The highest BCUT2D eigenvalue weighted by Gasteiger charge is 2.29. The molecule has 0 aliphatic carbocycles. The molecule has 100 valence electrons. The molecule has 17 heavy (non-hydrogen) atoms. The second-order valence-corrected chi connectivity index (χ2v) is 6.44. The Kier molecular flexibility index (Phi) is 4.91. The minimum atomic E-state index is -3.46. The number of carboxylic acid groups (broad SMARTS) is 1. The van der Waals surface area contributed by atoms with Crippen molar-refractivity contribution in [3.8, 4) is 0 Å². The Hall–Kier alpha value is -0.660. The molecule has 2 N–H and O–H groups in total. The Bertz CT molecular complexity index is 367. The summed E-state index contributed by atoms with van der Waals surface area (Å²) in [6, 6.07) is -0.153. The topological polar surface area (TPSA) is 86.7 Å². The molecule has 0 aromatic heterocycles. The molecule has 1 atom stereocenters. The molecule has 7 heteroatoms. The van der Waals surface area contributed by atoms with Crippen molar-refractivity contribution in [2.75, 3.05) is 13.1 Å². The fourth-order valence-electron chi connectivity index (χ4n) is 2.03. The van der Waals surface area contributed by atoms with Crippen molar-refractivity contribution < 1.29 is 18.3 Å². The van der Waals surface area contributed by atoms with Crippen molar-refractivity contribution in [3.63, 3.8) is 0 Å². The number of nitrogens with zero attached hydrogens (tertiary/aromatic N) is 1. The summed E-state index contributed by atoms with van der Waals surface area (Å²) in [7, 11) is -3.46. The van der Waals surface area contributed by atoms with Crippen molar-refractivity contribution in [3.05, 3.63) is 0 Å². The predicted molar refractivity (Wildman–Crippen MR) is 63.7 cm³/mol. The summed E-state index contributed by atoms with van der Waals surface area (Å²) in [5, 5.41) is 8.72. The first kappa shape index (κ1) is 14.4. The van der Waals surface area contributed by atoms with Gasteiger partial charge >= 0.3 is 5.97 Å². The zero-order valence-electron chi connectivity index (χ0n) is 10.2. The summed E-state index contributed by atoms with van der Waals surface area (Å²) in [6.45, 7) is 4.29. The van der Waals surface area contributed by atoms with Crippen LogP contribution in [0.5, 0.6) is 0 Å². The summed E-state index contributed by atoms with van der Waals surface area (Å²) >= 11 is 0. The summed E-state index contributed by atoms with van der Waals surface area (Å²) in [5.41, 5.74) is 0. The van der Waals surface area contributed by atoms with Crippen LogP contribution in [0.4, 0.5) is 0 Å². The molecular formula is C10H20N2O4S. The highest BCUT2D eigenvalue weighted by Crippen LogP contribution is 2.21. The zero-order valence-corrected chi connectivity index (χ0v) is 11.0. The molecule has 0 bridgehead atoms. The molecular weight excluding hydrogens is 244 g/mol. The lowest BCUT2D eigenvalue weighted by Crippen LogP contribution is -2.48. The van der Waals surface area contributed by atoms with E-state index in [9.17, 15) is 13.2 Å². The SMILES string of the molecule is CC(C)NS(=O)(=O)N1CCCC(CC(=O)O)C1. The number of hydrogen-bond acceptors (Lipinski definition) is 3. The molecule has 1 unspecified atom stereocenters. The van der Waals surface area contributed by atoms with Gasteiger partial charge in [-0.3, -0.25) is 4.79 Å². The van der Waals surface area contributed by atoms with E-state index in [-0.39, 0.29) is 18.4 Å². The number of carbonyl (C=O) groups is 1. The molecule has 0 saturated carbocycles. The van der Waals surface area contributed by atoms with Crippen molar-refractivity contribution >= 4 is 16.2 Å². The van der Waals surface area contributed by atoms with Crippen molar-refractivity contribution in [2.24, 2.45) is 5.92 Å². The lowest BCUT2D eigenvalue weighted by Gasteiger charge is -2.31. The standard InChI is InChI=1S/C10H20N2O4S/c1-8(2)11-17(15,16)12-5-3-4-9(7-12)6-10(13)14/h8-9,11H,3-7H2,1-2H3,(H,13,14). The molecule has 0 aromatic carbocycles. The normalized spacial score (nSPS) is 22.9. The van der Waals surface area contributed by atoms with Gasteiger partial charge in [-0.2, -0.15) is 17.4 Å². The van der Waals surface area contributed by atoms with E-state index in [1.807, 2.05) is 0 Å². The predicted octanol–water partition coefficient (Wildman–Crippen LogP) is 0.416. The number of hydrogen-bond donors (Lipinski definition) is 2. The van der Waals surface area contributed by atoms with Gasteiger partial charge in [0.15, 0.2) is 0 Å². The van der Waals surface area contributed by atoms with Crippen LogP contribution in [0.1, 0.15) is 33.1 Å². The maximum absolute atomic E-state index is 11.9. The van der Waals surface area contributed by atoms with Crippen LogP contribution in [0.3, 0.4) is 0 Å². The van der Waals surface area contributed by atoms with Gasteiger partial charge in [-0.15, -0.1) is 0 Å². The summed E-state index contributed by atoms with van der Waals surface area (Å²) in [5.74, 6) is -0.948. The minimum Gasteiger partial charge on any atom is -0.481 e. The van der Waals surface area contributed by atoms with E-state index in [4.69, 9.17) is 5.11 Å². The van der Waals surface area contributed by atoms with Gasteiger partial charge < -0.3 is 5.11 Å². The fraction of sp³-hybridized carbons (Fsp3) is 0.900. The molecule has 0 radical (unpaired) electrons. The van der Waals surface area contributed by atoms with Crippen LogP contribution in [0.15, 0.2) is 0 Å². The molecule has 1 saturated heterocycles. The molecule has 1 rings (SSSR count). The van der Waals surface area contributed by atoms with Gasteiger partial charge in [0, 0.05) is 25.6 Å². The van der Waals surface area contributed by atoms with Gasteiger partial charge in [0.05, 0.1) is 0 Å². The molecule has 1 fully saturated rings. The van der Waals surface area contributed by atoms with Gasteiger partial charge in [-0.25, -0.2) is 0 Å². The summed E-state index contributed by atoms with van der Waals surface area (Å²) in [6.07, 6.45) is 1.53. The third-order valence-corrected chi connectivity index (χ3v) is 4.45. The quantitative estimate of drug-likeness (QED) is 0.753. The monoisotopic (exact) mass is 264 g/mol. The van der Waals surface area contributed by atoms with Crippen LogP contribution in [0.2, 0.25) is 0 Å². The molecule has 1 aliphatic heterocycles. The van der Waals surface area contributed by atoms with Gasteiger partial charge in [-0.1, -0.05) is 0 Å². The fourth-order valence-corrected chi connectivity index (χ4v) is 3.55. The average molecular weight is 264 g/mol. The van der Waals surface area contributed by atoms with Crippen LogP contribution in [-0.2, 0) is 15.0 Å². The Morgan fingerprint density at radius 3 is 2.71 bits per heavy atom. The molecule has 0 aromatic rings. The Labute approximate surface area is 102 Å². The number of rotatable bonds is 5. The van der Waals surface area contributed by atoms with Crippen LogP contribution in [-0.4, -0.2) is 42.9 Å². The van der Waals surface area contributed by atoms with Crippen molar-refractivity contribution in [2.45, 2.75) is 39.2 Å². The van der Waals surface area contributed by atoms with E-state index in [0.717, 1.165) is 12.8 Å². The summed E-state index contributed by atoms with van der Waals surface area (Å²) in [4.78, 5) is 10.6. The first-order valence-corrected chi connectivity index (χ1v) is 7.24. The van der Waals surface area contributed by atoms with Crippen LogP contribution >= 0.6 is 0 Å². The number of nitrogens with one attached hydrogen (secondary N) is 1. The number of aliphatic carboxylic acids is 1.